The van der Waals surface area contributed by atoms with Crippen LogP contribution in [0.1, 0.15) is 58.3 Å². The Bertz CT molecular complexity index is 594. The molecule has 0 radical (unpaired) electrons. The molecule has 0 aromatic carbocycles. The second-order valence-corrected chi connectivity index (χ2v) is 8.66. The lowest BCUT2D eigenvalue weighted by Crippen LogP contribution is -2.43. The summed E-state index contributed by atoms with van der Waals surface area (Å²) in [5.41, 5.74) is 9.11. The fourth-order valence-electron chi connectivity index (χ4n) is 4.74. The minimum atomic E-state index is 0.0372. The monoisotopic (exact) mass is 389 g/mol. The Hall–Kier alpha value is -1.40. The minimum absolute atomic E-state index is 0.0372. The first-order chi connectivity index (χ1) is 13.6. The van der Waals surface area contributed by atoms with Gasteiger partial charge in [0.2, 0.25) is 0 Å². The van der Waals surface area contributed by atoms with E-state index < -0.39 is 0 Å². The molecule has 0 aromatic rings. The molecule has 1 atom stereocenters. The van der Waals surface area contributed by atoms with Crippen LogP contribution in [0.25, 0.3) is 0 Å². The Kier molecular flexibility index (Phi) is 7.91. The van der Waals surface area contributed by atoms with Crippen molar-refractivity contribution >= 4 is 11.6 Å². The molecule has 3 fully saturated rings. The third-order valence-corrected chi connectivity index (χ3v) is 6.50. The fraction of sp³-hybridized carbons (Fsp3) is 0.818. The summed E-state index contributed by atoms with van der Waals surface area (Å²) >= 11 is 0. The van der Waals surface area contributed by atoms with Crippen LogP contribution in [-0.2, 0) is 4.79 Å². The first kappa shape index (κ1) is 21.3. The number of carbonyl (C=O) groups excluding carboxylic acids is 1. The van der Waals surface area contributed by atoms with Gasteiger partial charge in [0.25, 0.3) is 5.91 Å². The highest BCUT2D eigenvalue weighted by Gasteiger charge is 2.31. The maximum absolute atomic E-state index is 13.1. The van der Waals surface area contributed by atoms with Gasteiger partial charge in [-0.15, -0.1) is 0 Å². The number of rotatable bonds is 4. The van der Waals surface area contributed by atoms with Crippen molar-refractivity contribution < 1.29 is 4.79 Å². The average Bonchev–Trinajstić information content (AvgIpc) is 2.96. The lowest BCUT2D eigenvalue weighted by Gasteiger charge is -2.36. The van der Waals surface area contributed by atoms with Gasteiger partial charge in [-0.05, 0) is 71.5 Å². The van der Waals surface area contributed by atoms with Crippen molar-refractivity contribution in [3.05, 3.63) is 11.3 Å². The predicted octanol–water partition coefficient (Wildman–Crippen LogP) is 2.25. The van der Waals surface area contributed by atoms with Crippen molar-refractivity contribution in [1.29, 1.82) is 0 Å². The molecule has 2 N–H and O–H groups in total. The van der Waals surface area contributed by atoms with Crippen LogP contribution in [0.4, 0.5) is 0 Å². The SMILES string of the molecule is CCCN=C1CCC(N2CCCN(C)CC2)C/C1=C(/N)C(=O)N1CCCCC1. The van der Waals surface area contributed by atoms with Crippen molar-refractivity contribution in [2.24, 2.45) is 10.7 Å². The van der Waals surface area contributed by atoms with Crippen molar-refractivity contribution in [3.63, 3.8) is 0 Å². The van der Waals surface area contributed by atoms with E-state index in [-0.39, 0.29) is 5.91 Å². The lowest BCUT2D eigenvalue weighted by molar-refractivity contribution is -0.128. The highest BCUT2D eigenvalue weighted by atomic mass is 16.2. The van der Waals surface area contributed by atoms with Crippen LogP contribution < -0.4 is 5.73 Å². The lowest BCUT2D eigenvalue weighted by atomic mass is 9.86. The van der Waals surface area contributed by atoms with Gasteiger partial charge < -0.3 is 15.5 Å². The molecule has 158 valence electrons. The molecule has 28 heavy (non-hydrogen) atoms. The molecule has 6 heteroatoms. The van der Waals surface area contributed by atoms with Gasteiger partial charge >= 0.3 is 0 Å². The zero-order chi connectivity index (χ0) is 19.9. The number of nitrogens with two attached hydrogens (primary N) is 1. The van der Waals surface area contributed by atoms with Crippen LogP contribution in [0, 0.1) is 0 Å². The molecule has 3 rings (SSSR count). The summed E-state index contributed by atoms with van der Waals surface area (Å²) in [7, 11) is 2.21. The average molecular weight is 390 g/mol. The zero-order valence-corrected chi connectivity index (χ0v) is 18.0. The number of piperidine rings is 1. The molecule has 0 aromatic heterocycles. The van der Waals surface area contributed by atoms with E-state index in [4.69, 9.17) is 10.7 Å². The van der Waals surface area contributed by atoms with E-state index in [1.54, 1.807) is 0 Å². The third-order valence-electron chi connectivity index (χ3n) is 6.50. The molecule has 1 aliphatic carbocycles. The quantitative estimate of drug-likeness (QED) is 0.749. The van der Waals surface area contributed by atoms with Crippen LogP contribution in [0.2, 0.25) is 0 Å². The van der Waals surface area contributed by atoms with Crippen molar-refractivity contribution in [1.82, 2.24) is 14.7 Å². The van der Waals surface area contributed by atoms with E-state index in [2.05, 4.69) is 23.8 Å². The Labute approximate surface area is 170 Å². The first-order valence-electron chi connectivity index (χ1n) is 11.3. The summed E-state index contributed by atoms with van der Waals surface area (Å²) in [5, 5.41) is 0. The van der Waals surface area contributed by atoms with Crippen LogP contribution >= 0.6 is 0 Å². The first-order valence-corrected chi connectivity index (χ1v) is 11.3. The van der Waals surface area contributed by atoms with Gasteiger partial charge in [0, 0.05) is 50.1 Å². The van der Waals surface area contributed by atoms with E-state index in [1.807, 2.05) is 4.90 Å². The van der Waals surface area contributed by atoms with Crippen LogP contribution in [0.15, 0.2) is 16.3 Å². The number of nitrogens with zero attached hydrogens (tertiary/aromatic N) is 4. The van der Waals surface area contributed by atoms with Crippen molar-refractivity contribution in [2.45, 2.75) is 64.3 Å². The maximum Gasteiger partial charge on any atom is 0.270 e. The maximum atomic E-state index is 13.1. The van der Waals surface area contributed by atoms with Gasteiger partial charge in [-0.2, -0.15) is 0 Å². The highest BCUT2D eigenvalue weighted by Crippen LogP contribution is 2.29. The largest absolute Gasteiger partial charge is 0.394 e. The van der Waals surface area contributed by atoms with E-state index in [0.717, 1.165) is 89.1 Å². The van der Waals surface area contributed by atoms with Gasteiger partial charge in [0.05, 0.1) is 0 Å². The standard InChI is InChI=1S/C22H39N5O/c1-3-10-24-20-9-8-18(26-14-7-11-25(2)15-16-26)17-19(20)21(23)22(28)27-12-5-4-6-13-27/h18H,3-17,23H2,1-2H3/b21-19-,24-20?. The number of hydrogen-bond donors (Lipinski definition) is 1. The molecule has 1 saturated carbocycles. The van der Waals surface area contributed by atoms with E-state index >= 15 is 0 Å². The smallest absolute Gasteiger partial charge is 0.270 e. The van der Waals surface area contributed by atoms with Crippen molar-refractivity contribution in [2.75, 3.05) is 52.9 Å². The van der Waals surface area contributed by atoms with Gasteiger partial charge in [0.15, 0.2) is 0 Å². The molecule has 1 amide bonds. The molecule has 3 aliphatic rings. The van der Waals surface area contributed by atoms with E-state index in [0.29, 0.717) is 11.7 Å². The summed E-state index contributed by atoms with van der Waals surface area (Å²) in [4.78, 5) is 24.9. The zero-order valence-electron chi connectivity index (χ0n) is 18.0. The molecule has 2 aliphatic heterocycles. The second-order valence-electron chi connectivity index (χ2n) is 8.66. The summed E-state index contributed by atoms with van der Waals surface area (Å²) < 4.78 is 0. The van der Waals surface area contributed by atoms with E-state index in [1.165, 1.54) is 19.4 Å². The molecule has 0 spiro atoms. The molecule has 1 unspecified atom stereocenters. The third kappa shape index (κ3) is 5.35. The summed E-state index contributed by atoms with van der Waals surface area (Å²) in [6, 6.07) is 0.481. The Morgan fingerprint density at radius 3 is 2.61 bits per heavy atom. The van der Waals surface area contributed by atoms with Crippen molar-refractivity contribution in [3.8, 4) is 0 Å². The molecule has 6 nitrogen and oxygen atoms in total. The summed E-state index contributed by atoms with van der Waals surface area (Å²) in [6.45, 7) is 9.20. The summed E-state index contributed by atoms with van der Waals surface area (Å²) in [6.07, 6.45) is 8.58. The highest BCUT2D eigenvalue weighted by molar-refractivity contribution is 6.08. The number of likely N-dealkylation sites (tertiary alicyclic amines) is 1. The number of amides is 1. The molecule has 2 heterocycles. The van der Waals surface area contributed by atoms with Gasteiger partial charge in [-0.3, -0.25) is 14.7 Å². The van der Waals surface area contributed by atoms with Crippen LogP contribution in [-0.4, -0.2) is 85.2 Å². The number of aliphatic imine (C=N–C) groups is 1. The molecular weight excluding hydrogens is 350 g/mol. The summed E-state index contributed by atoms with van der Waals surface area (Å²) in [5.74, 6) is 0.0372. The van der Waals surface area contributed by atoms with Gasteiger partial charge in [0.1, 0.15) is 5.70 Å². The number of carbonyl (C=O) groups is 1. The molecule has 2 saturated heterocycles. The molecular formula is C22H39N5O. The van der Waals surface area contributed by atoms with Gasteiger partial charge in [-0.1, -0.05) is 6.92 Å². The normalized spacial score (nSPS) is 29.0. The fourth-order valence-corrected chi connectivity index (χ4v) is 4.74. The molecule has 0 bridgehead atoms. The number of likely N-dealkylation sites (N-methyl/N-ethyl adjacent to an activating group) is 1. The Balaban J connectivity index is 1.78. The Morgan fingerprint density at radius 2 is 1.86 bits per heavy atom. The second kappa shape index (κ2) is 10.4. The van der Waals surface area contributed by atoms with Gasteiger partial charge in [-0.25, -0.2) is 0 Å². The van der Waals surface area contributed by atoms with E-state index in [9.17, 15) is 4.79 Å². The Morgan fingerprint density at radius 1 is 1.07 bits per heavy atom. The van der Waals surface area contributed by atoms with Crippen LogP contribution in [0.5, 0.6) is 0 Å². The van der Waals surface area contributed by atoms with Crippen LogP contribution in [0.3, 0.4) is 0 Å². The minimum Gasteiger partial charge on any atom is -0.394 e. The topological polar surface area (TPSA) is 65.2 Å². The predicted molar refractivity (Wildman–Crippen MR) is 116 cm³/mol. The number of hydrogen-bond acceptors (Lipinski definition) is 5.